The average molecular weight is 514 g/mol. The first-order chi connectivity index (χ1) is 17.1. The van der Waals surface area contributed by atoms with Gasteiger partial charge in [0.1, 0.15) is 23.7 Å². The van der Waals surface area contributed by atoms with Crippen LogP contribution in [0.4, 0.5) is 0 Å². The van der Waals surface area contributed by atoms with Crippen LogP contribution in [0.1, 0.15) is 82.9 Å². The minimum Gasteiger partial charge on any atom is -0.492 e. The van der Waals surface area contributed by atoms with Crippen LogP contribution < -0.4 is 9.47 Å². The van der Waals surface area contributed by atoms with Crippen LogP contribution in [0.2, 0.25) is 5.02 Å². The highest BCUT2D eigenvalue weighted by molar-refractivity contribution is 6.31. The number of likely N-dealkylation sites (tertiary alicyclic amines) is 1. The van der Waals surface area contributed by atoms with Gasteiger partial charge in [0.05, 0.1) is 6.61 Å². The molecule has 0 amide bonds. The SMILES string of the molecule is CC(C)c1cccc(Cl)c1COc1ccc2c(c1)OCC21CCN(CCCC(=O)OC(C)(C)C)CC1. The molecule has 0 bridgehead atoms. The first-order valence-corrected chi connectivity index (χ1v) is 13.6. The van der Waals surface area contributed by atoms with E-state index in [4.69, 9.17) is 25.8 Å². The zero-order chi connectivity index (χ0) is 25.9. The van der Waals surface area contributed by atoms with Crippen LogP contribution in [-0.2, 0) is 21.6 Å². The van der Waals surface area contributed by atoms with Gasteiger partial charge in [0.2, 0.25) is 0 Å². The van der Waals surface area contributed by atoms with Crippen LogP contribution in [0.3, 0.4) is 0 Å². The predicted molar refractivity (Wildman–Crippen MR) is 144 cm³/mol. The first-order valence-electron chi connectivity index (χ1n) is 13.2. The summed E-state index contributed by atoms with van der Waals surface area (Å²) in [4.78, 5) is 14.4. The van der Waals surface area contributed by atoms with Gasteiger partial charge in [-0.1, -0.05) is 43.6 Å². The van der Waals surface area contributed by atoms with E-state index in [0.717, 1.165) is 67.6 Å². The maximum atomic E-state index is 12.0. The smallest absolute Gasteiger partial charge is 0.306 e. The number of rotatable bonds is 8. The van der Waals surface area contributed by atoms with E-state index in [0.29, 0.717) is 18.9 Å². The van der Waals surface area contributed by atoms with Gasteiger partial charge in [-0.25, -0.2) is 0 Å². The number of benzene rings is 2. The zero-order valence-corrected chi connectivity index (χ0v) is 23.1. The number of hydrogen-bond acceptors (Lipinski definition) is 5. The number of ether oxygens (including phenoxy) is 3. The third-order valence-corrected chi connectivity index (χ3v) is 7.63. The lowest BCUT2D eigenvalue weighted by Crippen LogP contribution is -2.44. The van der Waals surface area contributed by atoms with E-state index in [1.165, 1.54) is 11.1 Å². The number of carbonyl (C=O) groups excluding carboxylic acids is 1. The molecule has 4 rings (SSSR count). The molecule has 196 valence electrons. The second-order valence-electron chi connectivity index (χ2n) is 11.5. The van der Waals surface area contributed by atoms with Crippen LogP contribution in [0.15, 0.2) is 36.4 Å². The summed E-state index contributed by atoms with van der Waals surface area (Å²) in [6.07, 6.45) is 3.42. The molecular formula is C30H40ClNO4. The van der Waals surface area contributed by atoms with Crippen molar-refractivity contribution < 1.29 is 19.0 Å². The quantitative estimate of drug-likeness (QED) is 0.360. The summed E-state index contributed by atoms with van der Waals surface area (Å²) in [6.45, 7) is 14.2. The molecule has 0 atom stereocenters. The molecular weight excluding hydrogens is 474 g/mol. The molecule has 0 aliphatic carbocycles. The van der Waals surface area contributed by atoms with Crippen LogP contribution in [0.5, 0.6) is 11.5 Å². The number of carbonyl (C=O) groups is 1. The molecule has 1 fully saturated rings. The molecule has 2 aromatic carbocycles. The maximum Gasteiger partial charge on any atom is 0.306 e. The second-order valence-corrected chi connectivity index (χ2v) is 11.9. The fraction of sp³-hybridized carbons (Fsp3) is 0.567. The normalized spacial score (nSPS) is 17.2. The van der Waals surface area contributed by atoms with E-state index in [9.17, 15) is 4.79 Å². The van der Waals surface area contributed by atoms with Gasteiger partial charge in [-0.3, -0.25) is 4.79 Å². The first kappa shape index (κ1) is 26.8. The highest BCUT2D eigenvalue weighted by Crippen LogP contribution is 2.46. The largest absolute Gasteiger partial charge is 0.492 e. The lowest BCUT2D eigenvalue weighted by atomic mass is 9.74. The predicted octanol–water partition coefficient (Wildman–Crippen LogP) is 6.89. The fourth-order valence-corrected chi connectivity index (χ4v) is 5.56. The summed E-state index contributed by atoms with van der Waals surface area (Å²) in [7, 11) is 0. The number of halogens is 1. The molecule has 0 radical (unpaired) electrons. The average Bonchev–Trinajstić information content (AvgIpc) is 3.15. The Morgan fingerprint density at radius 2 is 1.92 bits per heavy atom. The highest BCUT2D eigenvalue weighted by Gasteiger charge is 2.43. The van der Waals surface area contributed by atoms with E-state index >= 15 is 0 Å². The van der Waals surface area contributed by atoms with Crippen molar-refractivity contribution in [3.8, 4) is 11.5 Å². The van der Waals surface area contributed by atoms with Crippen molar-refractivity contribution in [2.75, 3.05) is 26.2 Å². The molecule has 1 saturated heterocycles. The van der Waals surface area contributed by atoms with E-state index in [1.54, 1.807) is 0 Å². The van der Waals surface area contributed by atoms with Crippen molar-refractivity contribution in [2.24, 2.45) is 0 Å². The summed E-state index contributed by atoms with van der Waals surface area (Å²) < 4.78 is 17.8. The summed E-state index contributed by atoms with van der Waals surface area (Å²) >= 11 is 6.48. The number of piperidine rings is 1. The molecule has 0 N–H and O–H groups in total. The van der Waals surface area contributed by atoms with Gasteiger partial charge in [-0.15, -0.1) is 0 Å². The van der Waals surface area contributed by atoms with Crippen LogP contribution >= 0.6 is 11.6 Å². The third kappa shape index (κ3) is 6.36. The lowest BCUT2D eigenvalue weighted by molar-refractivity contribution is -0.155. The van der Waals surface area contributed by atoms with Crippen molar-refractivity contribution in [3.05, 3.63) is 58.1 Å². The van der Waals surface area contributed by atoms with E-state index in [2.05, 4.69) is 36.9 Å². The van der Waals surface area contributed by atoms with Gasteiger partial charge in [0.25, 0.3) is 0 Å². The van der Waals surface area contributed by atoms with Crippen molar-refractivity contribution in [2.45, 2.75) is 83.8 Å². The van der Waals surface area contributed by atoms with Gasteiger partial charge in [-0.2, -0.15) is 0 Å². The zero-order valence-electron chi connectivity index (χ0n) is 22.4. The van der Waals surface area contributed by atoms with E-state index in [-0.39, 0.29) is 11.4 Å². The summed E-state index contributed by atoms with van der Waals surface area (Å²) in [5.41, 5.74) is 3.22. The number of esters is 1. The highest BCUT2D eigenvalue weighted by atomic mass is 35.5. The molecule has 2 aliphatic heterocycles. The minimum absolute atomic E-state index is 0.0725. The Morgan fingerprint density at radius 3 is 2.61 bits per heavy atom. The molecule has 1 spiro atoms. The third-order valence-electron chi connectivity index (χ3n) is 7.28. The molecule has 2 aromatic rings. The van der Waals surface area contributed by atoms with Crippen LogP contribution in [0.25, 0.3) is 0 Å². The molecule has 2 aliphatic rings. The Morgan fingerprint density at radius 1 is 1.17 bits per heavy atom. The monoisotopic (exact) mass is 513 g/mol. The van der Waals surface area contributed by atoms with Gasteiger partial charge in [0.15, 0.2) is 0 Å². The van der Waals surface area contributed by atoms with E-state index in [1.807, 2.05) is 39.0 Å². The van der Waals surface area contributed by atoms with Gasteiger partial charge < -0.3 is 19.1 Å². The van der Waals surface area contributed by atoms with Crippen molar-refractivity contribution in [3.63, 3.8) is 0 Å². The Bertz CT molecular complexity index is 1070. The standard InChI is InChI=1S/C30H40ClNO4/c1-21(2)23-8-6-9-26(31)24(23)19-34-22-11-12-25-27(18-22)35-20-30(25)13-16-32(17-14-30)15-7-10-28(33)36-29(3,4)5/h6,8-9,11-12,18,21H,7,10,13-17,19-20H2,1-5H3. The molecule has 0 aromatic heterocycles. The molecule has 2 heterocycles. The van der Waals surface area contributed by atoms with Crippen molar-refractivity contribution in [1.82, 2.24) is 4.90 Å². The van der Waals surface area contributed by atoms with Gasteiger partial charge >= 0.3 is 5.97 Å². The fourth-order valence-electron chi connectivity index (χ4n) is 5.33. The number of fused-ring (bicyclic) bond motifs is 2. The maximum absolute atomic E-state index is 12.0. The summed E-state index contributed by atoms with van der Waals surface area (Å²) in [5.74, 6) is 2.02. The van der Waals surface area contributed by atoms with Crippen molar-refractivity contribution in [1.29, 1.82) is 0 Å². The van der Waals surface area contributed by atoms with Gasteiger partial charge in [-0.05, 0) is 83.3 Å². The summed E-state index contributed by atoms with van der Waals surface area (Å²) in [6, 6.07) is 12.3. The van der Waals surface area contributed by atoms with Crippen LogP contribution in [-0.4, -0.2) is 42.7 Å². The van der Waals surface area contributed by atoms with Crippen LogP contribution in [0, 0.1) is 0 Å². The lowest BCUT2D eigenvalue weighted by Gasteiger charge is -2.38. The topological polar surface area (TPSA) is 48.0 Å². The Labute approximate surface area is 221 Å². The molecule has 6 heteroatoms. The minimum atomic E-state index is -0.416. The summed E-state index contributed by atoms with van der Waals surface area (Å²) in [5, 5.41) is 0.746. The number of hydrogen-bond donors (Lipinski definition) is 0. The molecule has 0 saturated carbocycles. The number of nitrogens with zero attached hydrogens (tertiary/aromatic N) is 1. The molecule has 36 heavy (non-hydrogen) atoms. The second kappa shape index (κ2) is 11.0. The van der Waals surface area contributed by atoms with Gasteiger partial charge in [0, 0.05) is 34.1 Å². The Balaban J connectivity index is 1.31. The van der Waals surface area contributed by atoms with E-state index < -0.39 is 5.60 Å². The Kier molecular flexibility index (Phi) is 8.21. The molecule has 5 nitrogen and oxygen atoms in total. The van der Waals surface area contributed by atoms with Crippen molar-refractivity contribution >= 4 is 17.6 Å². The molecule has 0 unspecified atom stereocenters. The Hall–Kier alpha value is -2.24.